The van der Waals surface area contributed by atoms with Crippen LogP contribution in [0.2, 0.25) is 0 Å². The van der Waals surface area contributed by atoms with Crippen LogP contribution in [0.1, 0.15) is 77.2 Å². The van der Waals surface area contributed by atoms with Gasteiger partial charge in [-0.2, -0.15) is 0 Å². The standard InChI is InChI=1S/C28H42BNO7/c1-9-34-16-23(31)30-22(29-36-21-15-18-14-20(27(18,5)6)28(21,7)37-29)13-17-11-10-12-19(24(17)33-8)25(32)35-26(2,3)4/h10-12,18,20-22H,9,13-16H2,1-8H3,(H,30,31). The molecule has 1 saturated heterocycles. The van der Waals surface area contributed by atoms with Crippen LogP contribution in [0.25, 0.3) is 0 Å². The van der Waals surface area contributed by atoms with Crippen molar-refractivity contribution in [2.75, 3.05) is 20.3 Å². The van der Waals surface area contributed by atoms with Crippen molar-refractivity contribution in [1.29, 1.82) is 0 Å². The first-order valence-electron chi connectivity index (χ1n) is 13.4. The van der Waals surface area contributed by atoms with E-state index in [2.05, 4.69) is 26.1 Å². The molecule has 4 aliphatic rings. The number of carbonyl (C=O) groups excluding carboxylic acids is 2. The molecule has 1 amide bonds. The van der Waals surface area contributed by atoms with E-state index in [0.29, 0.717) is 36.2 Å². The topological polar surface area (TPSA) is 92.3 Å². The van der Waals surface area contributed by atoms with Crippen LogP contribution in [0.3, 0.4) is 0 Å². The first kappa shape index (κ1) is 27.9. The van der Waals surface area contributed by atoms with Gasteiger partial charge in [-0.1, -0.05) is 26.0 Å². The molecule has 1 heterocycles. The monoisotopic (exact) mass is 515 g/mol. The van der Waals surface area contributed by atoms with Gasteiger partial charge in [0.1, 0.15) is 23.5 Å². The Morgan fingerprint density at radius 3 is 2.57 bits per heavy atom. The smallest absolute Gasteiger partial charge is 0.482 e. The average molecular weight is 515 g/mol. The normalized spacial score (nSPS) is 28.6. The summed E-state index contributed by atoms with van der Waals surface area (Å²) in [4.78, 5) is 25.7. The van der Waals surface area contributed by atoms with E-state index in [0.717, 1.165) is 18.4 Å². The van der Waals surface area contributed by atoms with Crippen molar-refractivity contribution in [3.63, 3.8) is 0 Å². The minimum atomic E-state index is -0.639. The van der Waals surface area contributed by atoms with Gasteiger partial charge < -0.3 is 28.8 Å². The summed E-state index contributed by atoms with van der Waals surface area (Å²) in [6.45, 7) is 14.5. The summed E-state index contributed by atoms with van der Waals surface area (Å²) in [6, 6.07) is 5.37. The van der Waals surface area contributed by atoms with Gasteiger partial charge in [0.05, 0.1) is 24.8 Å². The van der Waals surface area contributed by atoms with Crippen molar-refractivity contribution in [2.24, 2.45) is 17.3 Å². The van der Waals surface area contributed by atoms with Crippen molar-refractivity contribution in [2.45, 2.75) is 91.0 Å². The molecule has 1 aromatic rings. The highest BCUT2D eigenvalue weighted by molar-refractivity contribution is 6.48. The zero-order valence-corrected chi connectivity index (χ0v) is 23.5. The predicted octanol–water partition coefficient (Wildman–Crippen LogP) is 3.98. The molecule has 9 heteroatoms. The second kappa shape index (κ2) is 10.2. The maximum atomic E-state index is 12.9. The van der Waals surface area contributed by atoms with Gasteiger partial charge in [-0.3, -0.25) is 4.79 Å². The summed E-state index contributed by atoms with van der Waals surface area (Å²) < 4.78 is 29.8. The number of hydrogen-bond donors (Lipinski definition) is 1. The number of amides is 1. The molecule has 3 saturated carbocycles. The largest absolute Gasteiger partial charge is 0.496 e. The van der Waals surface area contributed by atoms with Crippen LogP contribution in [-0.2, 0) is 30.0 Å². The van der Waals surface area contributed by atoms with E-state index in [1.165, 1.54) is 7.11 Å². The molecular weight excluding hydrogens is 473 g/mol. The van der Waals surface area contributed by atoms with Gasteiger partial charge in [-0.15, -0.1) is 0 Å². The number of methoxy groups -OCH3 is 1. The minimum absolute atomic E-state index is 0.0180. The lowest BCUT2D eigenvalue weighted by atomic mass is 9.43. The predicted molar refractivity (Wildman–Crippen MR) is 140 cm³/mol. The van der Waals surface area contributed by atoms with Crippen molar-refractivity contribution < 1.29 is 33.1 Å². The van der Waals surface area contributed by atoms with Crippen molar-refractivity contribution in [3.8, 4) is 5.75 Å². The van der Waals surface area contributed by atoms with Crippen LogP contribution in [0.5, 0.6) is 5.75 Å². The molecule has 5 atom stereocenters. The second-order valence-electron chi connectivity index (χ2n) is 12.4. The van der Waals surface area contributed by atoms with Crippen LogP contribution in [-0.4, -0.2) is 62.6 Å². The summed E-state index contributed by atoms with van der Waals surface area (Å²) in [5.74, 6) is 0.236. The maximum Gasteiger partial charge on any atom is 0.482 e. The SMILES string of the molecule is CCOCC(=O)NC(Cc1cccc(C(=O)OC(C)(C)C)c1OC)B1OC2CC3CC(C3(C)C)C2(C)O1. The molecule has 4 fully saturated rings. The van der Waals surface area contributed by atoms with Crippen LogP contribution in [0.15, 0.2) is 18.2 Å². The lowest BCUT2D eigenvalue weighted by Gasteiger charge is -2.64. The Labute approximate surface area is 221 Å². The molecule has 2 bridgehead atoms. The number of nitrogens with one attached hydrogen (secondary N) is 1. The van der Waals surface area contributed by atoms with Gasteiger partial charge in [0.15, 0.2) is 0 Å². The first-order chi connectivity index (χ1) is 17.3. The highest BCUT2D eigenvalue weighted by Gasteiger charge is 2.68. The van der Waals surface area contributed by atoms with Gasteiger partial charge in [0, 0.05) is 6.61 Å². The number of carbonyl (C=O) groups is 2. The second-order valence-corrected chi connectivity index (χ2v) is 12.4. The quantitative estimate of drug-likeness (QED) is 0.393. The Morgan fingerprint density at radius 1 is 1.22 bits per heavy atom. The third-order valence-electron chi connectivity index (χ3n) is 8.44. The van der Waals surface area contributed by atoms with Gasteiger partial charge >= 0.3 is 13.1 Å². The minimum Gasteiger partial charge on any atom is -0.496 e. The highest BCUT2D eigenvalue weighted by atomic mass is 16.7. The molecule has 1 aliphatic heterocycles. The van der Waals surface area contributed by atoms with E-state index in [4.69, 9.17) is 23.5 Å². The van der Waals surface area contributed by atoms with Gasteiger partial charge in [-0.25, -0.2) is 4.79 Å². The molecule has 5 unspecified atom stereocenters. The van der Waals surface area contributed by atoms with E-state index in [-0.39, 0.29) is 24.0 Å². The Morgan fingerprint density at radius 2 is 1.95 bits per heavy atom. The zero-order chi connectivity index (χ0) is 27.2. The molecular formula is C28H42BNO7. The number of hydrogen-bond acceptors (Lipinski definition) is 7. The number of benzene rings is 1. The molecule has 0 radical (unpaired) electrons. The summed E-state index contributed by atoms with van der Waals surface area (Å²) in [5, 5.41) is 3.07. The number of para-hydroxylation sites is 1. The fourth-order valence-electron chi connectivity index (χ4n) is 6.45. The summed E-state index contributed by atoms with van der Waals surface area (Å²) in [7, 11) is 0.897. The molecule has 3 aliphatic carbocycles. The fourth-order valence-corrected chi connectivity index (χ4v) is 6.45. The lowest BCUT2D eigenvalue weighted by Crippen LogP contribution is -2.65. The van der Waals surface area contributed by atoms with E-state index < -0.39 is 30.2 Å². The molecule has 8 nitrogen and oxygen atoms in total. The Balaban J connectivity index is 1.60. The van der Waals surface area contributed by atoms with Crippen LogP contribution < -0.4 is 10.1 Å². The van der Waals surface area contributed by atoms with Gasteiger partial charge in [-0.05, 0) is 82.8 Å². The third-order valence-corrected chi connectivity index (χ3v) is 8.44. The van der Waals surface area contributed by atoms with Crippen molar-refractivity contribution in [3.05, 3.63) is 29.3 Å². The third kappa shape index (κ3) is 5.41. The lowest BCUT2D eigenvalue weighted by molar-refractivity contribution is -0.199. The number of esters is 1. The molecule has 1 N–H and O–H groups in total. The van der Waals surface area contributed by atoms with Crippen molar-refractivity contribution >= 4 is 19.0 Å². The summed E-state index contributed by atoms with van der Waals surface area (Å²) in [6.07, 6.45) is 2.43. The molecule has 0 spiro atoms. The molecule has 1 aromatic carbocycles. The van der Waals surface area contributed by atoms with E-state index in [1.807, 2.05) is 33.8 Å². The van der Waals surface area contributed by atoms with E-state index in [9.17, 15) is 9.59 Å². The average Bonchev–Trinajstić information content (AvgIpc) is 3.18. The van der Waals surface area contributed by atoms with E-state index >= 15 is 0 Å². The van der Waals surface area contributed by atoms with Crippen LogP contribution in [0.4, 0.5) is 0 Å². The molecule has 204 valence electrons. The first-order valence-corrected chi connectivity index (χ1v) is 13.4. The maximum absolute atomic E-state index is 12.9. The summed E-state index contributed by atoms with van der Waals surface area (Å²) in [5.41, 5.74) is 0.256. The van der Waals surface area contributed by atoms with Crippen LogP contribution in [0, 0.1) is 17.3 Å². The highest BCUT2D eigenvalue weighted by Crippen LogP contribution is 2.65. The molecule has 0 aromatic heterocycles. The van der Waals surface area contributed by atoms with Crippen molar-refractivity contribution in [1.82, 2.24) is 5.32 Å². The molecule has 37 heavy (non-hydrogen) atoms. The fraction of sp³-hybridized carbons (Fsp3) is 0.714. The Kier molecular flexibility index (Phi) is 7.72. The Hall–Kier alpha value is -2.10. The number of ether oxygens (including phenoxy) is 3. The summed E-state index contributed by atoms with van der Waals surface area (Å²) >= 11 is 0. The molecule has 5 rings (SSSR count). The van der Waals surface area contributed by atoms with Crippen LogP contribution >= 0.6 is 0 Å². The zero-order valence-electron chi connectivity index (χ0n) is 23.5. The van der Waals surface area contributed by atoms with E-state index in [1.54, 1.807) is 12.1 Å². The Bertz CT molecular complexity index is 1020. The number of rotatable bonds is 9. The van der Waals surface area contributed by atoms with Gasteiger partial charge in [0.25, 0.3) is 0 Å². The van der Waals surface area contributed by atoms with Gasteiger partial charge in [0.2, 0.25) is 5.91 Å².